The molecule has 0 aromatic heterocycles. The standard InChI is InChI=1S/C10H11N3O4S/c1-8(6-11)7-12-18(16,17)10-5-3-2-4-9(10)13(14)15/h2-5,8,12H,7H2,1H3. The minimum atomic E-state index is -3.98. The topological polar surface area (TPSA) is 113 Å². The van der Waals surface area contributed by atoms with Gasteiger partial charge in [-0.2, -0.15) is 5.26 Å². The van der Waals surface area contributed by atoms with Crippen LogP contribution >= 0.6 is 0 Å². The molecule has 1 atom stereocenters. The van der Waals surface area contributed by atoms with Crippen molar-refractivity contribution in [3.8, 4) is 6.07 Å². The first-order valence-electron chi connectivity index (χ1n) is 5.01. The molecule has 0 saturated carbocycles. The van der Waals surface area contributed by atoms with E-state index < -0.39 is 31.4 Å². The molecule has 0 aliphatic heterocycles. The summed E-state index contributed by atoms with van der Waals surface area (Å²) in [6, 6.07) is 6.91. The molecule has 0 spiro atoms. The van der Waals surface area contributed by atoms with Crippen molar-refractivity contribution >= 4 is 15.7 Å². The highest BCUT2D eigenvalue weighted by Gasteiger charge is 2.24. The van der Waals surface area contributed by atoms with Crippen LogP contribution in [0, 0.1) is 27.4 Å². The number of nitrogens with zero attached hydrogens (tertiary/aromatic N) is 2. The van der Waals surface area contributed by atoms with Gasteiger partial charge in [0.05, 0.1) is 16.9 Å². The van der Waals surface area contributed by atoms with Crippen LogP contribution in [0.25, 0.3) is 0 Å². The lowest BCUT2D eigenvalue weighted by molar-refractivity contribution is -0.387. The van der Waals surface area contributed by atoms with Gasteiger partial charge in [0, 0.05) is 12.6 Å². The molecule has 0 bridgehead atoms. The molecule has 1 unspecified atom stereocenters. The normalized spacial score (nSPS) is 12.7. The molecule has 0 aliphatic rings. The molecule has 18 heavy (non-hydrogen) atoms. The SMILES string of the molecule is CC(C#N)CNS(=O)(=O)c1ccccc1[N+](=O)[O-]. The molecule has 0 aliphatic carbocycles. The maximum Gasteiger partial charge on any atom is 0.289 e. The summed E-state index contributed by atoms with van der Waals surface area (Å²) in [6.45, 7) is 1.45. The van der Waals surface area contributed by atoms with Crippen molar-refractivity contribution in [2.45, 2.75) is 11.8 Å². The van der Waals surface area contributed by atoms with Gasteiger partial charge in [0.15, 0.2) is 4.90 Å². The fraction of sp³-hybridized carbons (Fsp3) is 0.300. The quantitative estimate of drug-likeness (QED) is 0.633. The number of benzene rings is 1. The minimum absolute atomic E-state index is 0.0924. The summed E-state index contributed by atoms with van der Waals surface area (Å²) in [6.07, 6.45) is 0. The van der Waals surface area contributed by atoms with Crippen LogP contribution in [-0.4, -0.2) is 19.9 Å². The molecule has 0 fully saturated rings. The van der Waals surface area contributed by atoms with E-state index in [2.05, 4.69) is 4.72 Å². The Balaban J connectivity index is 3.06. The van der Waals surface area contributed by atoms with E-state index in [1.165, 1.54) is 12.1 Å². The second-order valence-corrected chi connectivity index (χ2v) is 5.34. The summed E-state index contributed by atoms with van der Waals surface area (Å²) in [4.78, 5) is 9.56. The number of nitriles is 1. The van der Waals surface area contributed by atoms with Gasteiger partial charge in [0.25, 0.3) is 5.69 Å². The second kappa shape index (κ2) is 5.57. The van der Waals surface area contributed by atoms with E-state index in [0.717, 1.165) is 12.1 Å². The number of nitrogens with one attached hydrogen (secondary N) is 1. The Bertz CT molecular complexity index is 591. The molecule has 96 valence electrons. The van der Waals surface area contributed by atoms with Crippen LogP contribution in [0.3, 0.4) is 0 Å². The highest BCUT2D eigenvalue weighted by molar-refractivity contribution is 7.89. The van der Waals surface area contributed by atoms with Gasteiger partial charge in [-0.3, -0.25) is 10.1 Å². The molecule has 1 aromatic carbocycles. The maximum atomic E-state index is 11.9. The largest absolute Gasteiger partial charge is 0.289 e. The van der Waals surface area contributed by atoms with Crippen LogP contribution in [0.5, 0.6) is 0 Å². The smallest absolute Gasteiger partial charge is 0.258 e. The number of hydrogen-bond donors (Lipinski definition) is 1. The average molecular weight is 269 g/mol. The van der Waals surface area contributed by atoms with E-state index in [0.29, 0.717) is 0 Å². The van der Waals surface area contributed by atoms with Crippen molar-refractivity contribution in [3.05, 3.63) is 34.4 Å². The van der Waals surface area contributed by atoms with Crippen molar-refractivity contribution in [3.63, 3.8) is 0 Å². The summed E-state index contributed by atoms with van der Waals surface area (Å²) >= 11 is 0. The zero-order valence-corrected chi connectivity index (χ0v) is 10.3. The number of rotatable bonds is 5. The predicted molar refractivity (Wildman–Crippen MR) is 63.1 cm³/mol. The van der Waals surface area contributed by atoms with Gasteiger partial charge in [0.1, 0.15) is 0 Å². The van der Waals surface area contributed by atoms with Crippen molar-refractivity contribution in [1.82, 2.24) is 4.72 Å². The Morgan fingerprint density at radius 2 is 2.11 bits per heavy atom. The third kappa shape index (κ3) is 3.26. The van der Waals surface area contributed by atoms with Crippen LogP contribution in [0.15, 0.2) is 29.2 Å². The summed E-state index contributed by atoms with van der Waals surface area (Å²) in [5.41, 5.74) is -0.491. The molecule has 1 N–H and O–H groups in total. The molecule has 0 saturated heterocycles. The molecule has 0 heterocycles. The van der Waals surface area contributed by atoms with Gasteiger partial charge >= 0.3 is 0 Å². The summed E-state index contributed by atoms with van der Waals surface area (Å²) in [5.74, 6) is -0.512. The Morgan fingerprint density at radius 3 is 2.67 bits per heavy atom. The molecule has 0 amide bonds. The van der Waals surface area contributed by atoms with E-state index in [1.807, 2.05) is 6.07 Å². The van der Waals surface area contributed by atoms with Gasteiger partial charge in [-0.05, 0) is 13.0 Å². The van der Waals surface area contributed by atoms with E-state index in [1.54, 1.807) is 6.92 Å². The first-order chi connectivity index (χ1) is 8.38. The molecule has 1 rings (SSSR count). The van der Waals surface area contributed by atoms with E-state index in [9.17, 15) is 18.5 Å². The third-order valence-electron chi connectivity index (χ3n) is 2.15. The Morgan fingerprint density at radius 1 is 1.50 bits per heavy atom. The second-order valence-electron chi connectivity index (χ2n) is 3.61. The van der Waals surface area contributed by atoms with Crippen LogP contribution in [0.1, 0.15) is 6.92 Å². The first kappa shape index (κ1) is 14.1. The van der Waals surface area contributed by atoms with Gasteiger partial charge in [-0.25, -0.2) is 13.1 Å². The van der Waals surface area contributed by atoms with Gasteiger partial charge in [0.2, 0.25) is 10.0 Å². The average Bonchev–Trinajstić information content (AvgIpc) is 2.36. The van der Waals surface area contributed by atoms with Crippen molar-refractivity contribution in [2.75, 3.05) is 6.54 Å². The minimum Gasteiger partial charge on any atom is -0.258 e. The monoisotopic (exact) mass is 269 g/mol. The summed E-state index contributed by atoms with van der Waals surface area (Å²) in [7, 11) is -3.98. The number of sulfonamides is 1. The molecular weight excluding hydrogens is 258 g/mol. The van der Waals surface area contributed by atoms with Crippen molar-refractivity contribution in [2.24, 2.45) is 5.92 Å². The van der Waals surface area contributed by atoms with Gasteiger partial charge in [-0.1, -0.05) is 12.1 Å². The number of hydrogen-bond acceptors (Lipinski definition) is 5. The van der Waals surface area contributed by atoms with Crippen LogP contribution < -0.4 is 4.72 Å². The van der Waals surface area contributed by atoms with Gasteiger partial charge in [-0.15, -0.1) is 0 Å². The van der Waals surface area contributed by atoms with Crippen LogP contribution in [0.2, 0.25) is 0 Å². The fourth-order valence-electron chi connectivity index (χ4n) is 1.19. The highest BCUT2D eigenvalue weighted by atomic mass is 32.2. The number of nitro benzene ring substituents is 1. The Hall–Kier alpha value is -1.98. The lowest BCUT2D eigenvalue weighted by Gasteiger charge is -2.07. The molecule has 1 aromatic rings. The van der Waals surface area contributed by atoms with Crippen LogP contribution in [0.4, 0.5) is 5.69 Å². The lowest BCUT2D eigenvalue weighted by atomic mass is 10.2. The zero-order chi connectivity index (χ0) is 13.8. The third-order valence-corrected chi connectivity index (χ3v) is 3.62. The lowest BCUT2D eigenvalue weighted by Crippen LogP contribution is -2.28. The summed E-state index contributed by atoms with van der Waals surface area (Å²) < 4.78 is 25.9. The molecular formula is C10H11N3O4S. The fourth-order valence-corrected chi connectivity index (χ4v) is 2.49. The number of nitro groups is 1. The van der Waals surface area contributed by atoms with E-state index in [-0.39, 0.29) is 6.54 Å². The zero-order valence-electron chi connectivity index (χ0n) is 9.53. The van der Waals surface area contributed by atoms with Crippen LogP contribution in [-0.2, 0) is 10.0 Å². The van der Waals surface area contributed by atoms with Gasteiger partial charge < -0.3 is 0 Å². The Labute approximate surface area is 104 Å². The van der Waals surface area contributed by atoms with E-state index >= 15 is 0 Å². The van der Waals surface area contributed by atoms with E-state index in [4.69, 9.17) is 5.26 Å². The predicted octanol–water partition coefficient (Wildman–Crippen LogP) is 1.03. The molecule has 8 heteroatoms. The van der Waals surface area contributed by atoms with Crippen molar-refractivity contribution < 1.29 is 13.3 Å². The van der Waals surface area contributed by atoms with Crippen molar-refractivity contribution in [1.29, 1.82) is 5.26 Å². The maximum absolute atomic E-state index is 11.9. The highest BCUT2D eigenvalue weighted by Crippen LogP contribution is 2.22. The number of para-hydroxylation sites is 1. The first-order valence-corrected chi connectivity index (χ1v) is 6.49. The summed E-state index contributed by atoms with van der Waals surface area (Å²) in [5, 5.41) is 19.3. The Kier molecular flexibility index (Phi) is 4.36. The molecule has 0 radical (unpaired) electrons. The molecule has 7 nitrogen and oxygen atoms in total.